The van der Waals surface area contributed by atoms with Crippen molar-refractivity contribution in [3.05, 3.63) is 42.5 Å². The van der Waals surface area contributed by atoms with Gasteiger partial charge in [0, 0.05) is 29.5 Å². The van der Waals surface area contributed by atoms with Crippen molar-refractivity contribution in [2.24, 2.45) is 5.92 Å². The van der Waals surface area contributed by atoms with Crippen LogP contribution in [0.3, 0.4) is 0 Å². The van der Waals surface area contributed by atoms with Crippen LogP contribution in [0.25, 0.3) is 10.8 Å². The predicted molar refractivity (Wildman–Crippen MR) is 94.0 cm³/mol. The van der Waals surface area contributed by atoms with Gasteiger partial charge in [0.05, 0.1) is 0 Å². The first-order chi connectivity index (χ1) is 9.80. The zero-order valence-electron chi connectivity index (χ0n) is 12.5. The minimum atomic E-state index is 0.721. The Bertz CT molecular complexity index is 532. The summed E-state index contributed by atoms with van der Waals surface area (Å²) in [5.74, 6) is 0.721. The fourth-order valence-electron chi connectivity index (χ4n) is 2.82. The molecule has 0 aliphatic heterocycles. The summed E-state index contributed by atoms with van der Waals surface area (Å²) >= 11 is 3.67. The van der Waals surface area contributed by atoms with E-state index in [2.05, 4.69) is 77.1 Å². The molecule has 1 unspecified atom stereocenters. The van der Waals surface area contributed by atoms with Gasteiger partial charge < -0.3 is 4.90 Å². The van der Waals surface area contributed by atoms with E-state index in [1.165, 1.54) is 29.3 Å². The maximum atomic E-state index is 3.67. The molecule has 0 spiro atoms. The summed E-state index contributed by atoms with van der Waals surface area (Å²) in [6.45, 7) is 6.70. The molecule has 0 fully saturated rings. The van der Waals surface area contributed by atoms with Crippen molar-refractivity contribution in [3.8, 4) is 0 Å². The highest BCUT2D eigenvalue weighted by atomic mass is 79.9. The molecule has 20 heavy (non-hydrogen) atoms. The van der Waals surface area contributed by atoms with E-state index in [0.29, 0.717) is 0 Å². The molecule has 0 aliphatic rings. The molecule has 0 heterocycles. The Kier molecular flexibility index (Phi) is 5.90. The molecule has 0 bridgehead atoms. The number of rotatable bonds is 7. The highest BCUT2D eigenvalue weighted by molar-refractivity contribution is 9.09. The van der Waals surface area contributed by atoms with Gasteiger partial charge in [0.1, 0.15) is 0 Å². The lowest BCUT2D eigenvalue weighted by atomic mass is 10.0. The Balaban J connectivity index is 2.29. The Labute approximate surface area is 131 Å². The van der Waals surface area contributed by atoms with Gasteiger partial charge in [-0.05, 0) is 30.7 Å². The molecule has 0 aliphatic carbocycles. The molecule has 108 valence electrons. The number of fused-ring (bicyclic) bond motifs is 1. The summed E-state index contributed by atoms with van der Waals surface area (Å²) < 4.78 is 0. The van der Waals surface area contributed by atoms with Crippen LogP contribution in [-0.2, 0) is 0 Å². The molecular formula is C18H24BrN. The molecule has 0 N–H and O–H groups in total. The third kappa shape index (κ3) is 3.54. The van der Waals surface area contributed by atoms with Crippen molar-refractivity contribution in [1.82, 2.24) is 0 Å². The van der Waals surface area contributed by atoms with Crippen LogP contribution in [0.2, 0.25) is 0 Å². The van der Waals surface area contributed by atoms with E-state index in [9.17, 15) is 0 Å². The van der Waals surface area contributed by atoms with Gasteiger partial charge in [-0.25, -0.2) is 0 Å². The Morgan fingerprint density at radius 2 is 1.80 bits per heavy atom. The molecule has 2 rings (SSSR count). The average molecular weight is 334 g/mol. The standard InChI is InChI=1S/C18H24BrN/c1-3-8-15(13-19)14-20(4-2)18-12-7-10-16-9-5-6-11-17(16)18/h5-7,9-12,15H,3-4,8,13-14H2,1-2H3. The third-order valence-corrected chi connectivity index (χ3v) is 4.80. The van der Waals surface area contributed by atoms with Crippen molar-refractivity contribution in [2.75, 3.05) is 23.3 Å². The normalized spacial score (nSPS) is 12.6. The van der Waals surface area contributed by atoms with Gasteiger partial charge in [0.25, 0.3) is 0 Å². The lowest BCUT2D eigenvalue weighted by Gasteiger charge is -2.28. The van der Waals surface area contributed by atoms with Gasteiger partial charge in [-0.3, -0.25) is 0 Å². The maximum absolute atomic E-state index is 3.67. The van der Waals surface area contributed by atoms with Crippen molar-refractivity contribution >= 4 is 32.4 Å². The molecule has 0 saturated carbocycles. The van der Waals surface area contributed by atoms with Crippen LogP contribution < -0.4 is 4.90 Å². The fraction of sp³-hybridized carbons (Fsp3) is 0.444. The zero-order valence-corrected chi connectivity index (χ0v) is 14.1. The monoisotopic (exact) mass is 333 g/mol. The zero-order chi connectivity index (χ0) is 14.4. The van der Waals surface area contributed by atoms with Crippen molar-refractivity contribution in [2.45, 2.75) is 26.7 Å². The van der Waals surface area contributed by atoms with Gasteiger partial charge in [0.2, 0.25) is 0 Å². The SMILES string of the molecule is CCCC(CBr)CN(CC)c1cccc2ccccc12. The van der Waals surface area contributed by atoms with Crippen molar-refractivity contribution < 1.29 is 0 Å². The second-order valence-corrected chi connectivity index (χ2v) is 5.99. The minimum Gasteiger partial charge on any atom is -0.371 e. The molecule has 0 amide bonds. The second-order valence-electron chi connectivity index (χ2n) is 5.35. The molecule has 2 aromatic carbocycles. The number of benzene rings is 2. The quantitative estimate of drug-likeness (QED) is 0.606. The summed E-state index contributed by atoms with van der Waals surface area (Å²) in [5.41, 5.74) is 1.37. The minimum absolute atomic E-state index is 0.721. The van der Waals surface area contributed by atoms with E-state index in [1.54, 1.807) is 0 Å². The lowest BCUT2D eigenvalue weighted by Crippen LogP contribution is -2.30. The highest BCUT2D eigenvalue weighted by Gasteiger charge is 2.14. The van der Waals surface area contributed by atoms with E-state index in [0.717, 1.165) is 24.3 Å². The summed E-state index contributed by atoms with van der Waals surface area (Å²) in [5, 5.41) is 3.78. The first-order valence-electron chi connectivity index (χ1n) is 7.58. The van der Waals surface area contributed by atoms with Gasteiger partial charge in [0.15, 0.2) is 0 Å². The van der Waals surface area contributed by atoms with Crippen molar-refractivity contribution in [1.29, 1.82) is 0 Å². The number of anilines is 1. The van der Waals surface area contributed by atoms with Crippen LogP contribution >= 0.6 is 15.9 Å². The van der Waals surface area contributed by atoms with Gasteiger partial charge in [-0.15, -0.1) is 0 Å². The highest BCUT2D eigenvalue weighted by Crippen LogP contribution is 2.28. The van der Waals surface area contributed by atoms with Crippen LogP contribution in [0.1, 0.15) is 26.7 Å². The maximum Gasteiger partial charge on any atom is 0.0445 e. The summed E-state index contributed by atoms with van der Waals surface area (Å²) in [6, 6.07) is 15.3. The fourth-order valence-corrected chi connectivity index (χ4v) is 3.35. The molecule has 0 radical (unpaired) electrons. The van der Waals surface area contributed by atoms with E-state index in [4.69, 9.17) is 0 Å². The predicted octanol–water partition coefficient (Wildman–Crippen LogP) is 5.48. The molecule has 1 atom stereocenters. The summed E-state index contributed by atoms with van der Waals surface area (Å²) in [7, 11) is 0. The number of hydrogen-bond acceptors (Lipinski definition) is 1. The smallest absolute Gasteiger partial charge is 0.0445 e. The van der Waals surface area contributed by atoms with Crippen LogP contribution in [0.15, 0.2) is 42.5 Å². The average Bonchev–Trinajstić information content (AvgIpc) is 2.51. The summed E-state index contributed by atoms with van der Waals surface area (Å²) in [4.78, 5) is 2.52. The van der Waals surface area contributed by atoms with Gasteiger partial charge in [-0.2, -0.15) is 0 Å². The third-order valence-electron chi connectivity index (χ3n) is 3.88. The Morgan fingerprint density at radius 1 is 1.05 bits per heavy atom. The molecule has 2 aromatic rings. The van der Waals surface area contributed by atoms with Gasteiger partial charge in [-0.1, -0.05) is 65.7 Å². The number of hydrogen-bond donors (Lipinski definition) is 0. The Morgan fingerprint density at radius 3 is 2.50 bits per heavy atom. The molecule has 1 nitrogen and oxygen atoms in total. The first-order valence-corrected chi connectivity index (χ1v) is 8.71. The topological polar surface area (TPSA) is 3.24 Å². The number of nitrogens with zero attached hydrogens (tertiary/aromatic N) is 1. The second kappa shape index (κ2) is 7.68. The Hall–Kier alpha value is -1.02. The van der Waals surface area contributed by atoms with E-state index in [1.807, 2.05) is 0 Å². The number of halogens is 1. The number of alkyl halides is 1. The summed E-state index contributed by atoms with van der Waals surface area (Å²) in [6.07, 6.45) is 2.54. The lowest BCUT2D eigenvalue weighted by molar-refractivity contribution is 0.526. The molecule has 0 saturated heterocycles. The van der Waals surface area contributed by atoms with Gasteiger partial charge >= 0.3 is 0 Å². The van der Waals surface area contributed by atoms with Crippen LogP contribution in [0, 0.1) is 5.92 Å². The van der Waals surface area contributed by atoms with Crippen molar-refractivity contribution in [3.63, 3.8) is 0 Å². The largest absolute Gasteiger partial charge is 0.371 e. The molecular weight excluding hydrogens is 310 g/mol. The van der Waals surface area contributed by atoms with E-state index in [-0.39, 0.29) is 0 Å². The molecule has 0 aromatic heterocycles. The van der Waals surface area contributed by atoms with E-state index < -0.39 is 0 Å². The van der Waals surface area contributed by atoms with Crippen LogP contribution in [0.5, 0.6) is 0 Å². The molecule has 2 heteroatoms. The van der Waals surface area contributed by atoms with Crippen LogP contribution in [-0.4, -0.2) is 18.4 Å². The first kappa shape index (κ1) is 15.4. The van der Waals surface area contributed by atoms with Crippen LogP contribution in [0.4, 0.5) is 5.69 Å². The van der Waals surface area contributed by atoms with E-state index >= 15 is 0 Å².